The first-order valence-corrected chi connectivity index (χ1v) is 7.04. The van der Waals surface area contributed by atoms with Crippen molar-refractivity contribution < 1.29 is 4.74 Å². The minimum Gasteiger partial charge on any atom is -0.377 e. The van der Waals surface area contributed by atoms with Crippen molar-refractivity contribution in [1.82, 2.24) is 0 Å². The van der Waals surface area contributed by atoms with Gasteiger partial charge in [-0.1, -0.05) is 40.9 Å². The van der Waals surface area contributed by atoms with Crippen molar-refractivity contribution in [2.75, 3.05) is 12.5 Å². The Morgan fingerprint density at radius 2 is 1.69 bits per heavy atom. The molecule has 0 aliphatic rings. The Bertz CT molecular complexity index is 274. The molecule has 0 saturated heterocycles. The number of alkyl halides is 1. The minimum atomic E-state index is 0.711. The summed E-state index contributed by atoms with van der Waals surface area (Å²) in [5.41, 5.74) is 1.23. The van der Waals surface area contributed by atoms with Gasteiger partial charge in [-0.15, -0.1) is 11.6 Å². The Morgan fingerprint density at radius 3 is 2.38 bits per heavy atom. The summed E-state index contributed by atoms with van der Waals surface area (Å²) in [4.78, 5) is 0. The highest BCUT2D eigenvalue weighted by atomic mass is 79.9. The van der Waals surface area contributed by atoms with E-state index in [0.717, 1.165) is 29.8 Å². The van der Waals surface area contributed by atoms with Crippen LogP contribution in [0.1, 0.15) is 31.2 Å². The molecule has 90 valence electrons. The maximum Gasteiger partial charge on any atom is 0.0716 e. The van der Waals surface area contributed by atoms with E-state index in [1.165, 1.54) is 18.4 Å². The molecule has 0 saturated carbocycles. The van der Waals surface area contributed by atoms with Gasteiger partial charge in [-0.2, -0.15) is 0 Å². The van der Waals surface area contributed by atoms with Crippen LogP contribution in [-0.4, -0.2) is 12.5 Å². The van der Waals surface area contributed by atoms with Gasteiger partial charge in [0.05, 0.1) is 6.61 Å². The predicted octanol–water partition coefficient (Wildman–Crippen LogP) is 4.76. The lowest BCUT2D eigenvalue weighted by atomic mass is 10.2. The van der Waals surface area contributed by atoms with Gasteiger partial charge in [0.25, 0.3) is 0 Å². The average Bonchev–Trinajstić information content (AvgIpc) is 2.30. The minimum absolute atomic E-state index is 0.711. The quantitative estimate of drug-likeness (QED) is 0.497. The van der Waals surface area contributed by atoms with Gasteiger partial charge in [0.1, 0.15) is 0 Å². The van der Waals surface area contributed by atoms with E-state index < -0.39 is 0 Å². The predicted molar refractivity (Wildman–Crippen MR) is 73.0 cm³/mol. The molecule has 0 aliphatic heterocycles. The maximum atomic E-state index is 5.60. The molecule has 0 aromatic heterocycles. The fraction of sp³-hybridized carbons (Fsp3) is 0.538. The fourth-order valence-electron chi connectivity index (χ4n) is 1.42. The van der Waals surface area contributed by atoms with Crippen LogP contribution in [0.3, 0.4) is 0 Å². The van der Waals surface area contributed by atoms with Gasteiger partial charge in [0.15, 0.2) is 0 Å². The van der Waals surface area contributed by atoms with Crippen molar-refractivity contribution in [1.29, 1.82) is 0 Å². The lowest BCUT2D eigenvalue weighted by molar-refractivity contribution is 0.117. The normalized spacial score (nSPS) is 10.6. The molecule has 16 heavy (non-hydrogen) atoms. The Labute approximate surface area is 111 Å². The zero-order valence-corrected chi connectivity index (χ0v) is 11.8. The van der Waals surface area contributed by atoms with Crippen LogP contribution in [0.4, 0.5) is 0 Å². The molecule has 1 aromatic carbocycles. The van der Waals surface area contributed by atoms with E-state index in [1.54, 1.807) is 0 Å². The molecule has 0 radical (unpaired) electrons. The molecule has 1 rings (SSSR count). The molecule has 0 atom stereocenters. The van der Waals surface area contributed by atoms with E-state index in [1.807, 2.05) is 12.1 Å². The summed E-state index contributed by atoms with van der Waals surface area (Å²) in [5, 5.41) is 0. The van der Waals surface area contributed by atoms with Crippen LogP contribution in [0.25, 0.3) is 0 Å². The number of hydrogen-bond acceptors (Lipinski definition) is 1. The topological polar surface area (TPSA) is 9.23 Å². The van der Waals surface area contributed by atoms with Crippen molar-refractivity contribution in [2.45, 2.75) is 32.3 Å². The molecule has 0 unspecified atom stereocenters. The van der Waals surface area contributed by atoms with Crippen LogP contribution in [-0.2, 0) is 11.3 Å². The molecule has 0 spiro atoms. The Kier molecular flexibility index (Phi) is 7.91. The van der Waals surface area contributed by atoms with Gasteiger partial charge in [0, 0.05) is 17.0 Å². The van der Waals surface area contributed by atoms with Crippen LogP contribution in [0.2, 0.25) is 0 Å². The summed E-state index contributed by atoms with van der Waals surface area (Å²) >= 11 is 9.01. The summed E-state index contributed by atoms with van der Waals surface area (Å²) in [6.45, 7) is 1.56. The molecule has 1 nitrogen and oxygen atoms in total. The highest BCUT2D eigenvalue weighted by Gasteiger charge is 1.94. The molecule has 0 N–H and O–H groups in total. The first kappa shape index (κ1) is 14.0. The molecule has 0 amide bonds. The van der Waals surface area contributed by atoms with Crippen molar-refractivity contribution in [3.8, 4) is 0 Å². The number of rotatable bonds is 8. The van der Waals surface area contributed by atoms with Gasteiger partial charge in [-0.25, -0.2) is 0 Å². The summed E-state index contributed by atoms with van der Waals surface area (Å²) < 4.78 is 6.70. The summed E-state index contributed by atoms with van der Waals surface area (Å²) in [7, 11) is 0. The van der Waals surface area contributed by atoms with E-state index >= 15 is 0 Å². The maximum absolute atomic E-state index is 5.60. The highest BCUT2D eigenvalue weighted by molar-refractivity contribution is 9.10. The summed E-state index contributed by atoms with van der Waals surface area (Å²) in [5.74, 6) is 0.778. The lowest BCUT2D eigenvalue weighted by Gasteiger charge is -2.04. The Hall–Kier alpha value is -0.0500. The van der Waals surface area contributed by atoms with Gasteiger partial charge in [0.2, 0.25) is 0 Å². The standard InChI is InChI=1S/C13H18BrClO/c14-13-7-5-12(6-8-13)11-16-10-4-2-1-3-9-15/h5-8H,1-4,9-11H2. The molecule has 0 aliphatic carbocycles. The van der Waals surface area contributed by atoms with Crippen LogP contribution in [0.5, 0.6) is 0 Å². The highest BCUT2D eigenvalue weighted by Crippen LogP contribution is 2.11. The zero-order chi connectivity index (χ0) is 11.6. The second kappa shape index (κ2) is 9.03. The van der Waals surface area contributed by atoms with E-state index in [-0.39, 0.29) is 0 Å². The van der Waals surface area contributed by atoms with Crippen LogP contribution in [0.15, 0.2) is 28.7 Å². The Morgan fingerprint density at radius 1 is 1.00 bits per heavy atom. The molecule has 0 fully saturated rings. The van der Waals surface area contributed by atoms with Crippen molar-refractivity contribution in [3.05, 3.63) is 34.3 Å². The van der Waals surface area contributed by atoms with Crippen molar-refractivity contribution >= 4 is 27.5 Å². The molecule has 1 aromatic rings. The number of benzene rings is 1. The monoisotopic (exact) mass is 304 g/mol. The number of halogens is 2. The SMILES string of the molecule is ClCCCCCCOCc1ccc(Br)cc1. The van der Waals surface area contributed by atoms with Crippen LogP contribution < -0.4 is 0 Å². The Balaban J connectivity index is 2.01. The molecular weight excluding hydrogens is 287 g/mol. The summed E-state index contributed by atoms with van der Waals surface area (Å²) in [6, 6.07) is 8.24. The number of unbranched alkanes of at least 4 members (excludes halogenated alkanes) is 3. The zero-order valence-electron chi connectivity index (χ0n) is 9.42. The van der Waals surface area contributed by atoms with E-state index in [0.29, 0.717) is 6.61 Å². The molecule has 3 heteroatoms. The summed E-state index contributed by atoms with van der Waals surface area (Å²) in [6.07, 6.45) is 4.68. The molecule has 0 heterocycles. The largest absolute Gasteiger partial charge is 0.377 e. The van der Waals surface area contributed by atoms with E-state index in [2.05, 4.69) is 28.1 Å². The third kappa shape index (κ3) is 6.51. The van der Waals surface area contributed by atoms with Crippen molar-refractivity contribution in [2.24, 2.45) is 0 Å². The first-order valence-electron chi connectivity index (χ1n) is 5.71. The first-order chi connectivity index (χ1) is 7.83. The van der Waals surface area contributed by atoms with Crippen molar-refractivity contribution in [3.63, 3.8) is 0 Å². The third-order valence-electron chi connectivity index (χ3n) is 2.35. The second-order valence-electron chi connectivity index (χ2n) is 3.78. The second-order valence-corrected chi connectivity index (χ2v) is 5.08. The van der Waals surface area contributed by atoms with E-state index in [4.69, 9.17) is 16.3 Å². The fourth-order valence-corrected chi connectivity index (χ4v) is 1.88. The average molecular weight is 306 g/mol. The third-order valence-corrected chi connectivity index (χ3v) is 3.15. The van der Waals surface area contributed by atoms with E-state index in [9.17, 15) is 0 Å². The van der Waals surface area contributed by atoms with Gasteiger partial charge in [-0.3, -0.25) is 0 Å². The van der Waals surface area contributed by atoms with Crippen LogP contribution >= 0.6 is 27.5 Å². The lowest BCUT2D eigenvalue weighted by Crippen LogP contribution is -1.95. The van der Waals surface area contributed by atoms with Gasteiger partial charge < -0.3 is 4.74 Å². The number of hydrogen-bond donors (Lipinski definition) is 0. The molecule has 0 bridgehead atoms. The van der Waals surface area contributed by atoms with Gasteiger partial charge in [-0.05, 0) is 30.5 Å². The molecular formula is C13H18BrClO. The smallest absolute Gasteiger partial charge is 0.0716 e. The number of ether oxygens (including phenoxy) is 1. The van der Waals surface area contributed by atoms with Crippen LogP contribution in [0, 0.1) is 0 Å². The van der Waals surface area contributed by atoms with Gasteiger partial charge >= 0.3 is 0 Å².